The molecule has 0 saturated heterocycles. The zero-order valence-corrected chi connectivity index (χ0v) is 14.8. The Kier molecular flexibility index (Phi) is 7.64. The third-order valence-corrected chi connectivity index (χ3v) is 4.21. The summed E-state index contributed by atoms with van der Waals surface area (Å²) in [6.07, 6.45) is 4.73. The number of amides is 1. The Morgan fingerprint density at radius 1 is 1.39 bits per heavy atom. The summed E-state index contributed by atoms with van der Waals surface area (Å²) in [4.78, 5) is 27.0. The fraction of sp³-hybridized carbons (Fsp3) is 0.438. The van der Waals surface area contributed by atoms with Crippen LogP contribution in [0.2, 0.25) is 0 Å². The van der Waals surface area contributed by atoms with Crippen molar-refractivity contribution in [1.82, 2.24) is 10.3 Å². The third kappa shape index (κ3) is 5.61. The van der Waals surface area contributed by atoms with Crippen LogP contribution < -0.4 is 5.32 Å². The molecule has 0 fully saturated rings. The van der Waals surface area contributed by atoms with Gasteiger partial charge in [-0.3, -0.25) is 9.59 Å². The van der Waals surface area contributed by atoms with Crippen LogP contribution in [0.5, 0.6) is 0 Å². The van der Waals surface area contributed by atoms with Gasteiger partial charge in [-0.05, 0) is 6.08 Å². The van der Waals surface area contributed by atoms with E-state index in [1.165, 1.54) is 31.4 Å². The van der Waals surface area contributed by atoms with Gasteiger partial charge in [-0.15, -0.1) is 11.3 Å². The molecule has 2 atom stereocenters. The van der Waals surface area contributed by atoms with Crippen LogP contribution >= 0.6 is 11.3 Å². The monoisotopic (exact) mass is 338 g/mol. The first-order valence-electron chi connectivity index (χ1n) is 7.07. The van der Waals surface area contributed by atoms with Crippen molar-refractivity contribution in [3.8, 4) is 0 Å². The van der Waals surface area contributed by atoms with Gasteiger partial charge in [-0.1, -0.05) is 13.0 Å². The summed E-state index contributed by atoms with van der Waals surface area (Å²) in [5.74, 6) is 0.0626. The Morgan fingerprint density at radius 3 is 2.57 bits per heavy atom. The molecular weight excluding hydrogens is 316 g/mol. The number of thiazole rings is 1. The van der Waals surface area contributed by atoms with Gasteiger partial charge in [0.15, 0.2) is 10.8 Å². The Labute approximate surface area is 140 Å². The van der Waals surface area contributed by atoms with E-state index in [0.29, 0.717) is 16.5 Å². The lowest BCUT2D eigenvalue weighted by Crippen LogP contribution is -2.23. The first-order chi connectivity index (χ1) is 10.9. The van der Waals surface area contributed by atoms with Crippen LogP contribution in [-0.2, 0) is 14.3 Å². The van der Waals surface area contributed by atoms with Crippen LogP contribution in [0.4, 0.5) is 0 Å². The Balaban J connectivity index is 2.89. The van der Waals surface area contributed by atoms with Gasteiger partial charge < -0.3 is 14.8 Å². The van der Waals surface area contributed by atoms with Crippen LogP contribution in [0, 0.1) is 5.92 Å². The first kappa shape index (κ1) is 19.1. The Hall–Kier alpha value is -1.99. The second-order valence-electron chi connectivity index (χ2n) is 4.85. The predicted molar refractivity (Wildman–Crippen MR) is 90.3 cm³/mol. The van der Waals surface area contributed by atoms with Crippen molar-refractivity contribution in [3.63, 3.8) is 0 Å². The average molecular weight is 338 g/mol. The number of hydrogen-bond donors (Lipinski definition) is 1. The minimum Gasteiger partial charge on any atom is -0.501 e. The number of nitrogens with one attached hydrogen (secondary N) is 1. The maximum absolute atomic E-state index is 11.5. The fourth-order valence-electron chi connectivity index (χ4n) is 1.91. The van der Waals surface area contributed by atoms with Gasteiger partial charge in [-0.25, -0.2) is 4.98 Å². The summed E-state index contributed by atoms with van der Waals surface area (Å²) in [6, 6.07) is 0. The van der Waals surface area contributed by atoms with Gasteiger partial charge in [0.25, 0.3) is 0 Å². The molecule has 1 N–H and O–H groups in total. The van der Waals surface area contributed by atoms with Gasteiger partial charge in [0, 0.05) is 38.5 Å². The summed E-state index contributed by atoms with van der Waals surface area (Å²) in [6.45, 7) is 3.39. The molecule has 0 radical (unpaired) electrons. The van der Waals surface area contributed by atoms with Crippen molar-refractivity contribution < 1.29 is 19.1 Å². The normalized spacial score (nSPS) is 14.6. The molecule has 1 heterocycles. The van der Waals surface area contributed by atoms with E-state index >= 15 is 0 Å². The molecule has 23 heavy (non-hydrogen) atoms. The second kappa shape index (κ2) is 9.22. The molecule has 0 saturated carbocycles. The Morgan fingerprint density at radius 2 is 2.09 bits per heavy atom. The minimum absolute atomic E-state index is 0.0542. The van der Waals surface area contributed by atoms with E-state index < -0.39 is 0 Å². The summed E-state index contributed by atoms with van der Waals surface area (Å²) in [5, 5.41) is 4.80. The molecule has 1 aromatic heterocycles. The van der Waals surface area contributed by atoms with Crippen molar-refractivity contribution in [3.05, 3.63) is 34.0 Å². The van der Waals surface area contributed by atoms with Crippen molar-refractivity contribution in [2.45, 2.75) is 20.0 Å². The van der Waals surface area contributed by atoms with Crippen molar-refractivity contribution >= 4 is 29.1 Å². The second-order valence-corrected chi connectivity index (χ2v) is 5.71. The quantitative estimate of drug-likeness (QED) is 0.447. The molecule has 0 aromatic carbocycles. The van der Waals surface area contributed by atoms with Crippen molar-refractivity contribution in [1.29, 1.82) is 0 Å². The van der Waals surface area contributed by atoms with E-state index in [2.05, 4.69) is 10.3 Å². The van der Waals surface area contributed by atoms with Crippen molar-refractivity contribution in [2.75, 3.05) is 21.3 Å². The van der Waals surface area contributed by atoms with Gasteiger partial charge in [0.2, 0.25) is 5.91 Å². The number of ether oxygens (including phenoxy) is 2. The third-order valence-electron chi connectivity index (χ3n) is 3.25. The SMILES string of the molecule is CNC(=O)/C=C(/OC)[C@H](C)[C@H](/C=C/c1csc(C(C)=O)n1)OC. The largest absolute Gasteiger partial charge is 0.501 e. The predicted octanol–water partition coefficient (Wildman–Crippen LogP) is 2.29. The fourth-order valence-corrected chi connectivity index (χ4v) is 2.59. The van der Waals surface area contributed by atoms with Gasteiger partial charge in [-0.2, -0.15) is 0 Å². The van der Waals surface area contributed by atoms with E-state index in [-0.39, 0.29) is 23.7 Å². The lowest BCUT2D eigenvalue weighted by Gasteiger charge is -2.21. The summed E-state index contributed by atoms with van der Waals surface area (Å²) in [7, 11) is 4.65. The maximum atomic E-state index is 11.5. The zero-order valence-electron chi connectivity index (χ0n) is 14.0. The number of rotatable bonds is 8. The minimum atomic E-state index is -0.298. The number of Topliss-reactive ketones (excluding diaryl/α,β-unsaturated/α-hetero) is 1. The van der Waals surface area contributed by atoms with Gasteiger partial charge >= 0.3 is 0 Å². The highest BCUT2D eigenvalue weighted by atomic mass is 32.1. The molecule has 1 amide bonds. The van der Waals surface area contributed by atoms with E-state index in [4.69, 9.17) is 9.47 Å². The number of ketones is 1. The lowest BCUT2D eigenvalue weighted by molar-refractivity contribution is -0.116. The molecule has 7 heteroatoms. The number of hydrogen-bond acceptors (Lipinski definition) is 6. The van der Waals surface area contributed by atoms with E-state index in [1.54, 1.807) is 20.2 Å². The molecule has 0 aliphatic carbocycles. The summed E-state index contributed by atoms with van der Waals surface area (Å²) < 4.78 is 10.7. The van der Waals surface area contributed by atoms with Crippen LogP contribution in [0.15, 0.2) is 23.3 Å². The van der Waals surface area contributed by atoms with E-state index in [1.807, 2.05) is 18.4 Å². The zero-order chi connectivity index (χ0) is 17.4. The molecule has 126 valence electrons. The molecule has 1 rings (SSSR count). The molecule has 6 nitrogen and oxygen atoms in total. The molecular formula is C16H22N2O4S. The van der Waals surface area contributed by atoms with Crippen LogP contribution in [0.25, 0.3) is 6.08 Å². The average Bonchev–Trinajstić information content (AvgIpc) is 3.01. The van der Waals surface area contributed by atoms with E-state index in [9.17, 15) is 9.59 Å². The molecule has 1 aromatic rings. The van der Waals surface area contributed by atoms with Crippen LogP contribution in [0.1, 0.15) is 29.3 Å². The molecule has 0 unspecified atom stereocenters. The number of methoxy groups -OCH3 is 2. The number of carbonyl (C=O) groups excluding carboxylic acids is 2. The van der Waals surface area contributed by atoms with Gasteiger partial charge in [0.05, 0.1) is 18.9 Å². The standard InChI is InChI=1S/C16H22N2O4S/c1-10(14(22-5)8-15(20)17-3)13(21-4)7-6-12-9-23-16(18-12)11(2)19/h6-10,13H,1-5H3,(H,17,20)/b7-6+,14-8+/t10-,13+/m1/s1. The first-order valence-corrected chi connectivity index (χ1v) is 7.95. The number of nitrogens with zero attached hydrogens (tertiary/aromatic N) is 1. The highest BCUT2D eigenvalue weighted by Gasteiger charge is 2.20. The smallest absolute Gasteiger partial charge is 0.247 e. The number of aromatic nitrogens is 1. The highest BCUT2D eigenvalue weighted by molar-refractivity contribution is 7.11. The van der Waals surface area contributed by atoms with Crippen LogP contribution in [0.3, 0.4) is 0 Å². The van der Waals surface area contributed by atoms with Crippen molar-refractivity contribution in [2.24, 2.45) is 5.92 Å². The summed E-state index contributed by atoms with van der Waals surface area (Å²) >= 11 is 1.31. The molecule has 0 aliphatic rings. The molecule has 0 aliphatic heterocycles. The number of carbonyl (C=O) groups is 2. The molecule has 0 bridgehead atoms. The highest BCUT2D eigenvalue weighted by Crippen LogP contribution is 2.20. The van der Waals surface area contributed by atoms with E-state index in [0.717, 1.165) is 0 Å². The van der Waals surface area contributed by atoms with Crippen LogP contribution in [-0.4, -0.2) is 44.0 Å². The Bertz CT molecular complexity index is 607. The number of likely N-dealkylation sites (N-methyl/N-ethyl adjacent to an activating group) is 1. The maximum Gasteiger partial charge on any atom is 0.247 e. The topological polar surface area (TPSA) is 77.5 Å². The summed E-state index contributed by atoms with van der Waals surface area (Å²) in [5.41, 5.74) is 0.698. The molecule has 0 spiro atoms. The lowest BCUT2D eigenvalue weighted by atomic mass is 10.0. The van der Waals surface area contributed by atoms with Gasteiger partial charge in [0.1, 0.15) is 5.76 Å².